The maximum Gasteiger partial charge on any atom is 0.143 e. The van der Waals surface area contributed by atoms with Crippen LogP contribution >= 0.6 is 0 Å². The van der Waals surface area contributed by atoms with Crippen LogP contribution in [0, 0.1) is 34.5 Å². The van der Waals surface area contributed by atoms with E-state index < -0.39 is 11.8 Å². The molecule has 0 aromatic heterocycles. The zero-order valence-electron chi connectivity index (χ0n) is 39.5. The van der Waals surface area contributed by atoms with E-state index in [1.165, 1.54) is 22.7 Å². The molecular formula is C56H76N6. The maximum absolute atomic E-state index is 10.6. The normalized spacial score (nSPS) is 10.9. The van der Waals surface area contributed by atoms with Crippen LogP contribution in [0.5, 0.6) is 0 Å². The van der Waals surface area contributed by atoms with E-state index in [9.17, 15) is 10.5 Å². The summed E-state index contributed by atoms with van der Waals surface area (Å²) in [5.74, 6) is -1.41. The SMILES string of the molecule is CCCN(CCC)c1ccc(C(=CC(C=C(c2ccc(N(CCC)CCC)cc2)c2ccc(N(CCC)CCC)cc2)C(C#N)C#N)c2ccc(N(CCC)CCC)cc2)cc1. The number of benzene rings is 4. The van der Waals surface area contributed by atoms with Crippen LogP contribution in [0.2, 0.25) is 0 Å². The lowest BCUT2D eigenvalue weighted by molar-refractivity contribution is 0.703. The molecule has 0 atom stereocenters. The minimum Gasteiger partial charge on any atom is -0.372 e. The van der Waals surface area contributed by atoms with Gasteiger partial charge in [-0.1, -0.05) is 116 Å². The number of nitriles is 2. The van der Waals surface area contributed by atoms with E-state index in [4.69, 9.17) is 0 Å². The highest BCUT2D eigenvalue weighted by atomic mass is 15.1. The summed E-state index contributed by atoms with van der Waals surface area (Å²) in [5, 5.41) is 21.3. The smallest absolute Gasteiger partial charge is 0.143 e. The lowest BCUT2D eigenvalue weighted by Crippen LogP contribution is -2.24. The van der Waals surface area contributed by atoms with E-state index in [1.807, 2.05) is 0 Å². The van der Waals surface area contributed by atoms with Gasteiger partial charge in [0, 0.05) is 81.0 Å². The van der Waals surface area contributed by atoms with E-state index >= 15 is 0 Å². The fraction of sp³-hybridized carbons (Fsp3) is 0.464. The second-order valence-electron chi connectivity index (χ2n) is 16.6. The molecule has 0 spiro atoms. The molecule has 0 aliphatic carbocycles. The van der Waals surface area contributed by atoms with Crippen molar-refractivity contribution >= 4 is 33.9 Å². The molecule has 0 bridgehead atoms. The summed E-state index contributed by atoms with van der Waals surface area (Å²) in [4.78, 5) is 9.84. The standard InChI is InChI=1S/C56H76N6/c1-9-33-59(34-10-2)51-25-17-45(18-26-51)55(46-19-27-52(28-20-46)60(35-11-3)36-12-4)41-49(50(43-57)44-58)42-56(47-21-29-53(30-22-47)61(37-13-5)38-14-6)48-23-31-54(32-24-48)62(39-15-7)40-16-8/h17-32,41-42,49-50H,9-16,33-40H2,1-8H3. The zero-order chi connectivity index (χ0) is 44.7. The van der Waals surface area contributed by atoms with Crippen LogP contribution in [0.15, 0.2) is 109 Å². The van der Waals surface area contributed by atoms with Gasteiger partial charge >= 0.3 is 0 Å². The van der Waals surface area contributed by atoms with Crippen molar-refractivity contribution in [2.75, 3.05) is 72.0 Å². The molecule has 330 valence electrons. The molecule has 0 saturated carbocycles. The Hall–Kier alpha value is -5.46. The molecule has 0 aliphatic rings. The van der Waals surface area contributed by atoms with Gasteiger partial charge in [-0.3, -0.25) is 0 Å². The van der Waals surface area contributed by atoms with Gasteiger partial charge in [-0.2, -0.15) is 10.5 Å². The Morgan fingerprint density at radius 3 is 0.726 bits per heavy atom. The van der Waals surface area contributed by atoms with Crippen LogP contribution in [-0.2, 0) is 0 Å². The van der Waals surface area contributed by atoms with Gasteiger partial charge in [-0.15, -0.1) is 0 Å². The first-order chi connectivity index (χ1) is 30.3. The average molecular weight is 833 g/mol. The monoisotopic (exact) mass is 833 g/mol. The predicted octanol–water partition coefficient (Wildman–Crippen LogP) is 14.0. The molecule has 62 heavy (non-hydrogen) atoms. The van der Waals surface area contributed by atoms with E-state index in [0.717, 1.165) is 137 Å². The molecule has 0 aliphatic heterocycles. The number of nitrogens with zero attached hydrogens (tertiary/aromatic N) is 6. The molecule has 4 rings (SSSR count). The largest absolute Gasteiger partial charge is 0.372 e. The lowest BCUT2D eigenvalue weighted by atomic mass is 9.84. The van der Waals surface area contributed by atoms with Crippen LogP contribution in [0.3, 0.4) is 0 Å². The fourth-order valence-corrected chi connectivity index (χ4v) is 8.59. The molecular weight excluding hydrogens is 757 g/mol. The molecule has 0 unspecified atom stereocenters. The van der Waals surface area contributed by atoms with E-state index in [1.54, 1.807) is 0 Å². The van der Waals surface area contributed by atoms with Crippen molar-refractivity contribution in [3.8, 4) is 12.1 Å². The summed E-state index contributed by atoms with van der Waals surface area (Å²) in [7, 11) is 0. The van der Waals surface area contributed by atoms with Crippen LogP contribution in [0.1, 0.15) is 129 Å². The Labute approximate surface area is 377 Å². The van der Waals surface area contributed by atoms with Gasteiger partial charge in [0.25, 0.3) is 0 Å². The molecule has 0 heterocycles. The first-order valence-electron chi connectivity index (χ1n) is 24.0. The molecule has 0 saturated heterocycles. The highest BCUT2D eigenvalue weighted by Gasteiger charge is 2.22. The Morgan fingerprint density at radius 1 is 0.371 bits per heavy atom. The number of hydrogen-bond acceptors (Lipinski definition) is 6. The van der Waals surface area contributed by atoms with E-state index in [2.05, 4.69) is 196 Å². The topological polar surface area (TPSA) is 60.5 Å². The van der Waals surface area contributed by atoms with Gasteiger partial charge in [0.05, 0.1) is 12.1 Å². The van der Waals surface area contributed by atoms with Crippen LogP contribution in [0.4, 0.5) is 22.7 Å². The number of rotatable bonds is 27. The van der Waals surface area contributed by atoms with Crippen LogP contribution in [-0.4, -0.2) is 52.4 Å². The maximum atomic E-state index is 10.6. The van der Waals surface area contributed by atoms with Crippen molar-refractivity contribution < 1.29 is 0 Å². The van der Waals surface area contributed by atoms with Crippen molar-refractivity contribution in [1.29, 1.82) is 10.5 Å². The number of anilines is 4. The highest BCUT2D eigenvalue weighted by Crippen LogP contribution is 2.35. The minimum atomic E-state index is -0.902. The Bertz CT molecular complexity index is 1720. The Balaban J connectivity index is 1.98. The quantitative estimate of drug-likeness (QED) is 0.0596. The molecule has 0 N–H and O–H groups in total. The molecule has 6 nitrogen and oxygen atoms in total. The molecule has 0 fully saturated rings. The summed E-state index contributed by atoms with van der Waals surface area (Å²) in [5.41, 5.74) is 11.2. The summed E-state index contributed by atoms with van der Waals surface area (Å²) >= 11 is 0. The molecule has 0 radical (unpaired) electrons. The van der Waals surface area contributed by atoms with Gasteiger partial charge in [0.1, 0.15) is 5.92 Å². The second kappa shape index (κ2) is 26.8. The second-order valence-corrected chi connectivity index (χ2v) is 16.6. The summed E-state index contributed by atoms with van der Waals surface area (Å²) in [6, 6.07) is 40.4. The van der Waals surface area contributed by atoms with Crippen molar-refractivity contribution in [2.24, 2.45) is 11.8 Å². The average Bonchev–Trinajstić information content (AvgIpc) is 3.30. The predicted molar refractivity (Wildman–Crippen MR) is 269 cm³/mol. The van der Waals surface area contributed by atoms with E-state index in [-0.39, 0.29) is 0 Å². The summed E-state index contributed by atoms with van der Waals surface area (Å²) in [6.07, 6.45) is 13.1. The van der Waals surface area contributed by atoms with Crippen LogP contribution in [0.25, 0.3) is 11.1 Å². The van der Waals surface area contributed by atoms with Crippen molar-refractivity contribution in [3.05, 3.63) is 131 Å². The molecule has 6 heteroatoms. The van der Waals surface area contributed by atoms with Gasteiger partial charge in [0.2, 0.25) is 0 Å². The highest BCUT2D eigenvalue weighted by molar-refractivity contribution is 5.84. The van der Waals surface area contributed by atoms with Crippen molar-refractivity contribution in [3.63, 3.8) is 0 Å². The third kappa shape index (κ3) is 13.8. The first kappa shape index (κ1) is 49.2. The van der Waals surface area contributed by atoms with Gasteiger partial charge in [-0.25, -0.2) is 0 Å². The van der Waals surface area contributed by atoms with Gasteiger partial charge in [-0.05, 0) is 133 Å². The number of allylic oxidation sites excluding steroid dienone is 2. The molecule has 0 amide bonds. The molecule has 4 aromatic carbocycles. The Morgan fingerprint density at radius 2 is 0.565 bits per heavy atom. The summed E-state index contributed by atoms with van der Waals surface area (Å²) < 4.78 is 0. The minimum absolute atomic E-state index is 0.504. The van der Waals surface area contributed by atoms with E-state index in [0.29, 0.717) is 0 Å². The first-order valence-corrected chi connectivity index (χ1v) is 24.0. The van der Waals surface area contributed by atoms with Crippen molar-refractivity contribution in [1.82, 2.24) is 0 Å². The lowest BCUT2D eigenvalue weighted by Gasteiger charge is -2.25. The molecule has 4 aromatic rings. The number of hydrogen-bond donors (Lipinski definition) is 0. The van der Waals surface area contributed by atoms with Crippen molar-refractivity contribution in [2.45, 2.75) is 107 Å². The summed E-state index contributed by atoms with van der Waals surface area (Å²) in [6.45, 7) is 26.0. The van der Waals surface area contributed by atoms with Crippen LogP contribution < -0.4 is 19.6 Å². The fourth-order valence-electron chi connectivity index (χ4n) is 8.59. The Kier molecular flexibility index (Phi) is 21.3. The van der Waals surface area contributed by atoms with Gasteiger partial charge < -0.3 is 19.6 Å². The van der Waals surface area contributed by atoms with Gasteiger partial charge in [0.15, 0.2) is 0 Å². The third-order valence-corrected chi connectivity index (χ3v) is 11.5. The third-order valence-electron chi connectivity index (χ3n) is 11.5. The zero-order valence-corrected chi connectivity index (χ0v) is 39.5.